The number of para-hydroxylation sites is 1. The third-order valence-corrected chi connectivity index (χ3v) is 3.99. The summed E-state index contributed by atoms with van der Waals surface area (Å²) in [6.07, 6.45) is -0.292. The number of carbonyl (C=O) groups is 2. The smallest absolute Gasteiger partial charge is 0.306 e. The Kier molecular flexibility index (Phi) is 7.95. The standard InChI is InChI=1S/C20H22ClNO5/c1-14(20(24)22-18-7-4-3-6-17(18)21)27-19(23)8-5-13-26-16-11-9-15(25-2)10-12-16/h3-4,6-7,9-12,14H,5,8,13H2,1-2H3,(H,22,24)/t14-/m1/s1. The maximum atomic E-state index is 12.1. The van der Waals surface area contributed by atoms with Crippen molar-refractivity contribution in [1.82, 2.24) is 0 Å². The molecule has 7 heteroatoms. The van der Waals surface area contributed by atoms with Crippen LogP contribution in [-0.2, 0) is 14.3 Å². The number of hydrogen-bond acceptors (Lipinski definition) is 5. The van der Waals surface area contributed by atoms with Gasteiger partial charge >= 0.3 is 5.97 Å². The molecule has 0 saturated heterocycles. The molecule has 0 aliphatic carbocycles. The molecular weight excluding hydrogens is 370 g/mol. The number of methoxy groups -OCH3 is 1. The third kappa shape index (κ3) is 6.83. The van der Waals surface area contributed by atoms with Gasteiger partial charge in [0.1, 0.15) is 11.5 Å². The van der Waals surface area contributed by atoms with Crippen molar-refractivity contribution in [3.05, 3.63) is 53.6 Å². The average molecular weight is 392 g/mol. The first kappa shape index (κ1) is 20.6. The summed E-state index contributed by atoms with van der Waals surface area (Å²) in [6, 6.07) is 14.0. The second kappa shape index (κ2) is 10.4. The van der Waals surface area contributed by atoms with Crippen LogP contribution in [0.4, 0.5) is 5.69 Å². The Morgan fingerprint density at radius 2 is 1.74 bits per heavy atom. The zero-order valence-corrected chi connectivity index (χ0v) is 16.0. The largest absolute Gasteiger partial charge is 0.497 e. The fourth-order valence-corrected chi connectivity index (χ4v) is 2.37. The number of hydrogen-bond donors (Lipinski definition) is 1. The molecule has 0 spiro atoms. The second-order valence-electron chi connectivity index (χ2n) is 5.73. The normalized spacial score (nSPS) is 11.4. The molecule has 0 unspecified atom stereocenters. The summed E-state index contributed by atoms with van der Waals surface area (Å²) in [5.41, 5.74) is 0.472. The minimum absolute atomic E-state index is 0.153. The summed E-state index contributed by atoms with van der Waals surface area (Å²) in [6.45, 7) is 1.87. The van der Waals surface area contributed by atoms with E-state index >= 15 is 0 Å². The van der Waals surface area contributed by atoms with Crippen LogP contribution in [0.2, 0.25) is 5.02 Å². The molecule has 1 atom stereocenters. The Labute approximate surface area is 163 Å². The van der Waals surface area contributed by atoms with Gasteiger partial charge in [0.15, 0.2) is 6.10 Å². The van der Waals surface area contributed by atoms with Gasteiger partial charge in [-0.05, 0) is 49.7 Å². The predicted molar refractivity (Wildman–Crippen MR) is 103 cm³/mol. The van der Waals surface area contributed by atoms with Crippen LogP contribution in [0.25, 0.3) is 0 Å². The lowest BCUT2D eigenvalue weighted by atomic mass is 10.3. The van der Waals surface area contributed by atoms with Gasteiger partial charge in [-0.25, -0.2) is 0 Å². The van der Waals surface area contributed by atoms with Crippen molar-refractivity contribution in [3.63, 3.8) is 0 Å². The Morgan fingerprint density at radius 3 is 2.41 bits per heavy atom. The minimum Gasteiger partial charge on any atom is -0.497 e. The molecule has 0 aromatic heterocycles. The summed E-state index contributed by atoms with van der Waals surface area (Å²) in [4.78, 5) is 24.0. The van der Waals surface area contributed by atoms with Gasteiger partial charge in [0.05, 0.1) is 24.4 Å². The van der Waals surface area contributed by atoms with Crippen LogP contribution in [-0.4, -0.2) is 31.7 Å². The highest BCUT2D eigenvalue weighted by Gasteiger charge is 2.18. The van der Waals surface area contributed by atoms with E-state index in [9.17, 15) is 9.59 Å². The van der Waals surface area contributed by atoms with Crippen molar-refractivity contribution >= 4 is 29.2 Å². The molecular formula is C20H22ClNO5. The van der Waals surface area contributed by atoms with E-state index in [1.165, 1.54) is 6.92 Å². The molecule has 1 amide bonds. The van der Waals surface area contributed by atoms with Gasteiger partial charge < -0.3 is 19.5 Å². The lowest BCUT2D eigenvalue weighted by Gasteiger charge is -2.14. The van der Waals surface area contributed by atoms with Crippen molar-refractivity contribution < 1.29 is 23.8 Å². The first-order chi connectivity index (χ1) is 13.0. The Morgan fingerprint density at radius 1 is 1.07 bits per heavy atom. The first-order valence-corrected chi connectivity index (χ1v) is 8.89. The molecule has 2 aromatic carbocycles. The van der Waals surface area contributed by atoms with Gasteiger partial charge in [-0.3, -0.25) is 9.59 Å². The van der Waals surface area contributed by atoms with E-state index in [0.717, 1.165) is 5.75 Å². The van der Waals surface area contributed by atoms with E-state index in [1.54, 1.807) is 55.6 Å². The van der Waals surface area contributed by atoms with Crippen molar-refractivity contribution in [1.29, 1.82) is 0 Å². The highest BCUT2D eigenvalue weighted by molar-refractivity contribution is 6.33. The van der Waals surface area contributed by atoms with Crippen molar-refractivity contribution in [2.75, 3.05) is 19.0 Å². The van der Waals surface area contributed by atoms with E-state index < -0.39 is 18.0 Å². The van der Waals surface area contributed by atoms with Crippen LogP contribution in [0.1, 0.15) is 19.8 Å². The Hall–Kier alpha value is -2.73. The van der Waals surface area contributed by atoms with E-state index in [1.807, 2.05) is 0 Å². The Bertz CT molecular complexity index is 763. The molecule has 0 heterocycles. The number of carbonyl (C=O) groups excluding carboxylic acids is 2. The number of nitrogens with one attached hydrogen (secondary N) is 1. The van der Waals surface area contributed by atoms with E-state index in [-0.39, 0.29) is 6.42 Å². The number of halogens is 1. The van der Waals surface area contributed by atoms with Crippen LogP contribution in [0.3, 0.4) is 0 Å². The molecule has 6 nitrogen and oxygen atoms in total. The molecule has 144 valence electrons. The molecule has 2 aromatic rings. The van der Waals surface area contributed by atoms with E-state index in [2.05, 4.69) is 5.32 Å². The summed E-state index contributed by atoms with van der Waals surface area (Å²) < 4.78 is 15.8. The fraction of sp³-hybridized carbons (Fsp3) is 0.300. The summed E-state index contributed by atoms with van der Waals surface area (Å²) in [5.74, 6) is 0.535. The maximum Gasteiger partial charge on any atom is 0.306 e. The number of ether oxygens (including phenoxy) is 3. The summed E-state index contributed by atoms with van der Waals surface area (Å²) in [7, 11) is 1.59. The molecule has 1 N–H and O–H groups in total. The van der Waals surface area contributed by atoms with Gasteiger partial charge in [0.2, 0.25) is 0 Å². The number of rotatable bonds is 9. The number of esters is 1. The van der Waals surface area contributed by atoms with Crippen molar-refractivity contribution in [3.8, 4) is 11.5 Å². The van der Waals surface area contributed by atoms with Gasteiger partial charge in [-0.1, -0.05) is 23.7 Å². The van der Waals surface area contributed by atoms with Crippen LogP contribution in [0.5, 0.6) is 11.5 Å². The molecule has 0 fully saturated rings. The third-order valence-electron chi connectivity index (χ3n) is 3.66. The SMILES string of the molecule is COc1ccc(OCCCC(=O)O[C@H](C)C(=O)Nc2ccccc2Cl)cc1. The predicted octanol–water partition coefficient (Wildman–Crippen LogP) is 4.08. The number of benzene rings is 2. The quantitative estimate of drug-likeness (QED) is 0.515. The number of anilines is 1. The molecule has 0 saturated carbocycles. The van der Waals surface area contributed by atoms with Gasteiger partial charge in [0.25, 0.3) is 5.91 Å². The lowest BCUT2D eigenvalue weighted by Crippen LogP contribution is -2.30. The molecule has 0 aliphatic rings. The molecule has 0 bridgehead atoms. The fourth-order valence-electron chi connectivity index (χ4n) is 2.19. The molecule has 2 rings (SSSR count). The maximum absolute atomic E-state index is 12.1. The highest BCUT2D eigenvalue weighted by atomic mass is 35.5. The molecule has 0 radical (unpaired) electrons. The van der Waals surface area contributed by atoms with E-state index in [0.29, 0.717) is 29.5 Å². The van der Waals surface area contributed by atoms with Gasteiger partial charge in [0, 0.05) is 6.42 Å². The van der Waals surface area contributed by atoms with Crippen molar-refractivity contribution in [2.45, 2.75) is 25.9 Å². The monoisotopic (exact) mass is 391 g/mol. The summed E-state index contributed by atoms with van der Waals surface area (Å²) >= 11 is 5.99. The van der Waals surface area contributed by atoms with Gasteiger partial charge in [-0.2, -0.15) is 0 Å². The van der Waals surface area contributed by atoms with E-state index in [4.69, 9.17) is 25.8 Å². The second-order valence-corrected chi connectivity index (χ2v) is 6.14. The van der Waals surface area contributed by atoms with Crippen molar-refractivity contribution in [2.24, 2.45) is 0 Å². The highest BCUT2D eigenvalue weighted by Crippen LogP contribution is 2.21. The van der Waals surface area contributed by atoms with Crippen LogP contribution in [0.15, 0.2) is 48.5 Å². The van der Waals surface area contributed by atoms with Gasteiger partial charge in [-0.15, -0.1) is 0 Å². The zero-order valence-electron chi connectivity index (χ0n) is 15.2. The van der Waals surface area contributed by atoms with Crippen LogP contribution < -0.4 is 14.8 Å². The van der Waals surface area contributed by atoms with Crippen LogP contribution >= 0.6 is 11.6 Å². The average Bonchev–Trinajstić information content (AvgIpc) is 2.67. The summed E-state index contributed by atoms with van der Waals surface area (Å²) in [5, 5.41) is 3.05. The number of amides is 1. The zero-order chi connectivity index (χ0) is 19.6. The molecule has 0 aliphatic heterocycles. The van der Waals surface area contributed by atoms with Crippen LogP contribution in [0, 0.1) is 0 Å². The first-order valence-electron chi connectivity index (χ1n) is 8.51. The topological polar surface area (TPSA) is 73.9 Å². The Balaban J connectivity index is 1.68. The minimum atomic E-state index is -0.920. The molecule has 27 heavy (non-hydrogen) atoms. The lowest BCUT2D eigenvalue weighted by molar-refractivity contribution is -0.153.